The zero-order chi connectivity index (χ0) is 13.9. The molecule has 0 radical (unpaired) electrons. The number of nitrogens with zero attached hydrogens (tertiary/aromatic N) is 2. The number of aromatic nitrogens is 2. The number of nitrogens with one attached hydrogen (secondary N) is 2. The molecule has 0 bridgehead atoms. The van der Waals surface area contributed by atoms with Crippen molar-refractivity contribution in [2.45, 2.75) is 0 Å². The smallest absolute Gasteiger partial charge is 0.135 e. The number of benzene rings is 2. The lowest BCUT2D eigenvalue weighted by atomic mass is 10.1. The van der Waals surface area contributed by atoms with Gasteiger partial charge in [0.05, 0.1) is 0 Å². The molecule has 0 aliphatic rings. The Hall–Kier alpha value is -2.14. The molecule has 4 nitrogen and oxygen atoms in total. The van der Waals surface area contributed by atoms with Crippen LogP contribution in [0.25, 0.3) is 10.8 Å². The van der Waals surface area contributed by atoms with Crippen LogP contribution in [0.1, 0.15) is 0 Å². The van der Waals surface area contributed by atoms with Gasteiger partial charge in [-0.2, -0.15) is 0 Å². The van der Waals surface area contributed by atoms with Gasteiger partial charge in [0.1, 0.15) is 18.0 Å². The van der Waals surface area contributed by atoms with E-state index in [-0.39, 0.29) is 0 Å². The molecule has 100 valence electrons. The van der Waals surface area contributed by atoms with Gasteiger partial charge in [0.2, 0.25) is 0 Å². The average Bonchev–Trinajstić information content (AvgIpc) is 2.47. The number of halogens is 1. The van der Waals surface area contributed by atoms with Crippen LogP contribution in [0.4, 0.5) is 17.3 Å². The van der Waals surface area contributed by atoms with E-state index in [0.29, 0.717) is 0 Å². The van der Waals surface area contributed by atoms with E-state index in [4.69, 9.17) is 0 Å². The van der Waals surface area contributed by atoms with Gasteiger partial charge >= 0.3 is 0 Å². The summed E-state index contributed by atoms with van der Waals surface area (Å²) in [5.41, 5.74) is 1.00. The average molecular weight is 329 g/mol. The predicted molar refractivity (Wildman–Crippen MR) is 86.5 cm³/mol. The zero-order valence-electron chi connectivity index (χ0n) is 10.9. The SMILES string of the molecule is CNc1cc(Nc2ccc3cc(Br)ccc3c2)ncn1. The lowest BCUT2D eigenvalue weighted by molar-refractivity contribution is 1.16. The Morgan fingerprint density at radius 3 is 2.50 bits per heavy atom. The molecule has 0 amide bonds. The third-order valence-electron chi connectivity index (χ3n) is 3.00. The molecule has 0 atom stereocenters. The Kier molecular flexibility index (Phi) is 3.52. The van der Waals surface area contributed by atoms with Crippen molar-refractivity contribution < 1.29 is 0 Å². The van der Waals surface area contributed by atoms with Crippen molar-refractivity contribution in [2.24, 2.45) is 0 Å². The minimum Gasteiger partial charge on any atom is -0.373 e. The van der Waals surface area contributed by atoms with Crippen LogP contribution < -0.4 is 10.6 Å². The van der Waals surface area contributed by atoms with E-state index in [1.54, 1.807) is 0 Å². The van der Waals surface area contributed by atoms with Crippen molar-refractivity contribution in [1.29, 1.82) is 0 Å². The van der Waals surface area contributed by atoms with Crippen LogP contribution in [0.5, 0.6) is 0 Å². The van der Waals surface area contributed by atoms with Crippen LogP contribution in [0, 0.1) is 0 Å². The summed E-state index contributed by atoms with van der Waals surface area (Å²) in [5, 5.41) is 8.65. The lowest BCUT2D eigenvalue weighted by Crippen LogP contribution is -1.97. The Balaban J connectivity index is 1.92. The lowest BCUT2D eigenvalue weighted by Gasteiger charge is -2.08. The van der Waals surface area contributed by atoms with Gasteiger partial charge < -0.3 is 10.6 Å². The summed E-state index contributed by atoms with van der Waals surface area (Å²) < 4.78 is 1.08. The van der Waals surface area contributed by atoms with Gasteiger partial charge in [-0.25, -0.2) is 9.97 Å². The highest BCUT2D eigenvalue weighted by molar-refractivity contribution is 9.10. The van der Waals surface area contributed by atoms with E-state index < -0.39 is 0 Å². The first kappa shape index (κ1) is 12.9. The number of rotatable bonds is 3. The summed E-state index contributed by atoms with van der Waals surface area (Å²) in [7, 11) is 1.83. The first-order valence-electron chi connectivity index (χ1n) is 6.21. The number of hydrogen-bond acceptors (Lipinski definition) is 4. The summed E-state index contributed by atoms with van der Waals surface area (Å²) in [6.45, 7) is 0. The molecule has 0 fully saturated rings. The van der Waals surface area contributed by atoms with Gasteiger partial charge in [-0.05, 0) is 35.0 Å². The molecule has 20 heavy (non-hydrogen) atoms. The molecular formula is C15H13BrN4. The third-order valence-corrected chi connectivity index (χ3v) is 3.49. The fraction of sp³-hybridized carbons (Fsp3) is 0.0667. The summed E-state index contributed by atoms with van der Waals surface area (Å²) >= 11 is 3.48. The molecule has 0 unspecified atom stereocenters. The highest BCUT2D eigenvalue weighted by atomic mass is 79.9. The van der Waals surface area contributed by atoms with Crippen LogP contribution in [-0.2, 0) is 0 Å². The molecule has 0 aliphatic heterocycles. The van der Waals surface area contributed by atoms with E-state index in [9.17, 15) is 0 Å². The van der Waals surface area contributed by atoms with Gasteiger partial charge in [-0.3, -0.25) is 0 Å². The number of fused-ring (bicyclic) bond motifs is 1. The van der Waals surface area contributed by atoms with Crippen molar-refractivity contribution >= 4 is 44.0 Å². The normalized spacial score (nSPS) is 10.5. The molecule has 0 aliphatic carbocycles. The monoisotopic (exact) mass is 328 g/mol. The predicted octanol–water partition coefficient (Wildman–Crippen LogP) is 4.18. The fourth-order valence-electron chi connectivity index (χ4n) is 2.00. The van der Waals surface area contributed by atoms with Gasteiger partial charge in [-0.15, -0.1) is 0 Å². The minimum absolute atomic E-state index is 0.765. The zero-order valence-corrected chi connectivity index (χ0v) is 12.5. The maximum absolute atomic E-state index is 4.21. The first-order valence-corrected chi connectivity index (χ1v) is 7.00. The maximum Gasteiger partial charge on any atom is 0.135 e. The molecule has 0 spiro atoms. The molecule has 5 heteroatoms. The van der Waals surface area contributed by atoms with Gasteiger partial charge in [0.25, 0.3) is 0 Å². The fourth-order valence-corrected chi connectivity index (χ4v) is 2.38. The highest BCUT2D eigenvalue weighted by Crippen LogP contribution is 2.24. The second-order valence-electron chi connectivity index (χ2n) is 4.37. The van der Waals surface area contributed by atoms with E-state index >= 15 is 0 Å². The van der Waals surface area contributed by atoms with Gasteiger partial charge in [0.15, 0.2) is 0 Å². The van der Waals surface area contributed by atoms with Gasteiger partial charge in [-0.1, -0.05) is 28.1 Å². The second-order valence-corrected chi connectivity index (χ2v) is 5.29. The topological polar surface area (TPSA) is 49.8 Å². The van der Waals surface area contributed by atoms with Crippen molar-refractivity contribution in [3.05, 3.63) is 53.3 Å². The Morgan fingerprint density at radius 2 is 1.65 bits per heavy atom. The van der Waals surface area contributed by atoms with Crippen LogP contribution in [0.15, 0.2) is 53.3 Å². The molecule has 3 aromatic rings. The first-order chi connectivity index (χ1) is 9.74. The van der Waals surface area contributed by atoms with Crippen LogP contribution >= 0.6 is 15.9 Å². The van der Waals surface area contributed by atoms with Crippen molar-refractivity contribution in [1.82, 2.24) is 9.97 Å². The quantitative estimate of drug-likeness (QED) is 0.757. The Morgan fingerprint density at radius 1 is 0.900 bits per heavy atom. The molecule has 2 aromatic carbocycles. The van der Waals surface area contributed by atoms with Crippen molar-refractivity contribution in [3.63, 3.8) is 0 Å². The summed E-state index contributed by atoms with van der Waals surface area (Å²) in [5.74, 6) is 1.55. The molecular weight excluding hydrogens is 316 g/mol. The van der Waals surface area contributed by atoms with E-state index in [0.717, 1.165) is 21.8 Å². The minimum atomic E-state index is 0.765. The maximum atomic E-state index is 4.21. The molecule has 0 saturated carbocycles. The highest BCUT2D eigenvalue weighted by Gasteiger charge is 2.00. The summed E-state index contributed by atoms with van der Waals surface area (Å²) in [4.78, 5) is 8.30. The summed E-state index contributed by atoms with van der Waals surface area (Å²) in [6.07, 6.45) is 1.53. The largest absolute Gasteiger partial charge is 0.373 e. The molecule has 0 saturated heterocycles. The Labute approximate surface area is 125 Å². The van der Waals surface area contributed by atoms with Crippen molar-refractivity contribution in [2.75, 3.05) is 17.7 Å². The van der Waals surface area contributed by atoms with E-state index in [1.807, 2.05) is 25.2 Å². The third kappa shape index (κ3) is 2.72. The van der Waals surface area contributed by atoms with Crippen LogP contribution in [-0.4, -0.2) is 17.0 Å². The standard InChI is InChI=1S/C15H13BrN4/c1-17-14-8-15(19-9-18-14)20-13-5-3-10-6-12(16)4-2-11(10)7-13/h2-9H,1H3,(H2,17,18,19,20). The number of hydrogen-bond donors (Lipinski definition) is 2. The molecule has 1 aromatic heterocycles. The summed E-state index contributed by atoms with van der Waals surface area (Å²) in [6, 6.07) is 14.3. The van der Waals surface area contributed by atoms with Crippen molar-refractivity contribution in [3.8, 4) is 0 Å². The van der Waals surface area contributed by atoms with E-state index in [2.05, 4.69) is 60.8 Å². The molecule has 1 heterocycles. The second kappa shape index (κ2) is 5.46. The molecule has 3 rings (SSSR count). The van der Waals surface area contributed by atoms with Gasteiger partial charge in [0, 0.05) is 23.3 Å². The van der Waals surface area contributed by atoms with Crippen LogP contribution in [0.2, 0.25) is 0 Å². The molecule has 2 N–H and O–H groups in total. The van der Waals surface area contributed by atoms with Crippen LogP contribution in [0.3, 0.4) is 0 Å². The van der Waals surface area contributed by atoms with E-state index in [1.165, 1.54) is 17.1 Å². The number of anilines is 3. The Bertz CT molecular complexity index is 758.